The van der Waals surface area contributed by atoms with Gasteiger partial charge in [-0.1, -0.05) is 33.8 Å². The molecule has 10 heavy (non-hydrogen) atoms. The normalized spacial score (nSPS) is 12.1. The second-order valence-electron chi connectivity index (χ2n) is 3.88. The van der Waals surface area contributed by atoms with Crippen molar-refractivity contribution in [3.63, 3.8) is 0 Å². The SMILES string of the molecule is CC(C)(C)C.CC=C(C)F. The van der Waals surface area contributed by atoms with Gasteiger partial charge in [-0.2, -0.15) is 0 Å². The van der Waals surface area contributed by atoms with Gasteiger partial charge >= 0.3 is 0 Å². The monoisotopic (exact) mass is 146 g/mol. The first kappa shape index (κ1) is 12.4. The molecule has 62 valence electrons. The minimum atomic E-state index is -0.120. The second-order valence-corrected chi connectivity index (χ2v) is 3.88. The van der Waals surface area contributed by atoms with E-state index in [0.717, 1.165) is 0 Å². The fourth-order valence-electron chi connectivity index (χ4n) is 0. The van der Waals surface area contributed by atoms with Gasteiger partial charge in [-0.25, -0.2) is 4.39 Å². The lowest BCUT2D eigenvalue weighted by Gasteiger charge is -2.05. The zero-order valence-electron chi connectivity index (χ0n) is 7.96. The molecule has 1 heteroatoms. The summed E-state index contributed by atoms with van der Waals surface area (Å²) < 4.78 is 11.3. The highest BCUT2D eigenvalue weighted by atomic mass is 19.1. The molecular weight excluding hydrogens is 127 g/mol. The van der Waals surface area contributed by atoms with E-state index in [4.69, 9.17) is 0 Å². The minimum Gasteiger partial charge on any atom is -0.213 e. The van der Waals surface area contributed by atoms with Gasteiger partial charge in [0.15, 0.2) is 0 Å². The highest BCUT2D eigenvalue weighted by Crippen LogP contribution is 2.08. The lowest BCUT2D eigenvalue weighted by molar-refractivity contribution is 0.469. The van der Waals surface area contributed by atoms with E-state index >= 15 is 0 Å². The van der Waals surface area contributed by atoms with Crippen molar-refractivity contribution in [3.05, 3.63) is 11.9 Å². The van der Waals surface area contributed by atoms with E-state index in [2.05, 4.69) is 27.7 Å². The number of allylic oxidation sites excluding steroid dienone is 2. The zero-order chi connectivity index (χ0) is 8.78. The maximum atomic E-state index is 11.3. The van der Waals surface area contributed by atoms with Gasteiger partial charge in [0.1, 0.15) is 0 Å². The molecular formula is C9H19F. The molecule has 0 spiro atoms. The van der Waals surface area contributed by atoms with Gasteiger partial charge in [0, 0.05) is 0 Å². The molecule has 0 nitrogen and oxygen atoms in total. The topological polar surface area (TPSA) is 0 Å². The standard InChI is InChI=1S/C5H12.C4H7F/c1-5(2,3)4;1-3-4(2)5/h1-4H3;3H,1-2H3. The first-order valence-corrected chi connectivity index (χ1v) is 3.56. The lowest BCUT2D eigenvalue weighted by atomic mass is 10.0. The summed E-state index contributed by atoms with van der Waals surface area (Å²) in [4.78, 5) is 0. The molecule has 0 bridgehead atoms. The Balaban J connectivity index is 0. The second kappa shape index (κ2) is 5.45. The fourth-order valence-corrected chi connectivity index (χ4v) is 0. The molecule has 0 atom stereocenters. The quantitative estimate of drug-likeness (QED) is 0.485. The summed E-state index contributed by atoms with van der Waals surface area (Å²) in [6.45, 7) is 11.8. The van der Waals surface area contributed by atoms with Crippen LogP contribution in [0.1, 0.15) is 41.5 Å². The summed E-state index contributed by atoms with van der Waals surface area (Å²) >= 11 is 0. The van der Waals surface area contributed by atoms with E-state index in [1.807, 2.05) is 0 Å². The Morgan fingerprint density at radius 3 is 1.30 bits per heavy atom. The summed E-state index contributed by atoms with van der Waals surface area (Å²) in [5, 5.41) is 0. The Kier molecular flexibility index (Phi) is 6.74. The highest BCUT2D eigenvalue weighted by molar-refractivity contribution is 4.80. The first-order chi connectivity index (χ1) is 4.27. The van der Waals surface area contributed by atoms with Crippen LogP contribution in [0.15, 0.2) is 11.9 Å². The van der Waals surface area contributed by atoms with Crippen LogP contribution in [0, 0.1) is 5.41 Å². The van der Waals surface area contributed by atoms with Crippen LogP contribution in [0.2, 0.25) is 0 Å². The summed E-state index contributed by atoms with van der Waals surface area (Å²) in [6.07, 6.45) is 1.42. The van der Waals surface area contributed by atoms with Crippen molar-refractivity contribution in [1.82, 2.24) is 0 Å². The molecule has 0 saturated heterocycles. The van der Waals surface area contributed by atoms with Crippen LogP contribution >= 0.6 is 0 Å². The molecule has 0 radical (unpaired) electrons. The number of halogens is 1. The molecule has 0 rings (SSSR count). The van der Waals surface area contributed by atoms with Gasteiger partial charge < -0.3 is 0 Å². The molecule has 0 aromatic carbocycles. The summed E-state index contributed by atoms with van der Waals surface area (Å²) in [7, 11) is 0. The number of hydrogen-bond donors (Lipinski definition) is 0. The van der Waals surface area contributed by atoms with Gasteiger partial charge in [0.2, 0.25) is 0 Å². The molecule has 0 aromatic heterocycles. The summed E-state index contributed by atoms with van der Waals surface area (Å²) in [5.41, 5.74) is 0.500. The molecule has 0 N–H and O–H groups in total. The van der Waals surface area contributed by atoms with Crippen molar-refractivity contribution >= 4 is 0 Å². The Hall–Kier alpha value is -0.330. The largest absolute Gasteiger partial charge is 0.213 e. The smallest absolute Gasteiger partial charge is 0.0926 e. The number of rotatable bonds is 0. The van der Waals surface area contributed by atoms with Crippen LogP contribution in [0.25, 0.3) is 0 Å². The maximum Gasteiger partial charge on any atom is 0.0926 e. The van der Waals surface area contributed by atoms with Crippen molar-refractivity contribution in [1.29, 1.82) is 0 Å². The molecule has 0 fully saturated rings. The maximum absolute atomic E-state index is 11.3. The molecule has 0 unspecified atom stereocenters. The number of hydrogen-bond acceptors (Lipinski definition) is 0. The molecule has 0 aliphatic rings. The van der Waals surface area contributed by atoms with Crippen LogP contribution < -0.4 is 0 Å². The van der Waals surface area contributed by atoms with Crippen molar-refractivity contribution < 1.29 is 4.39 Å². The molecule has 0 aliphatic carbocycles. The third kappa shape index (κ3) is 122. The van der Waals surface area contributed by atoms with Crippen LogP contribution in [0.5, 0.6) is 0 Å². The van der Waals surface area contributed by atoms with Gasteiger partial charge in [-0.3, -0.25) is 0 Å². The lowest BCUT2D eigenvalue weighted by Crippen LogP contribution is -1.93. The predicted octanol–water partition coefficient (Wildman–Crippen LogP) is 3.93. The average Bonchev–Trinajstić information content (AvgIpc) is 1.61. The Bertz CT molecular complexity index is 85.8. The third-order valence-corrected chi connectivity index (χ3v) is 0.398. The van der Waals surface area contributed by atoms with Crippen LogP contribution in [0.3, 0.4) is 0 Å². The van der Waals surface area contributed by atoms with E-state index < -0.39 is 0 Å². The molecule has 0 amide bonds. The predicted molar refractivity (Wildman–Crippen MR) is 45.7 cm³/mol. The van der Waals surface area contributed by atoms with Gasteiger partial charge in [-0.05, 0) is 19.3 Å². The first-order valence-electron chi connectivity index (χ1n) is 3.56. The minimum absolute atomic E-state index is 0.120. The Morgan fingerprint density at radius 2 is 1.30 bits per heavy atom. The van der Waals surface area contributed by atoms with Gasteiger partial charge in [0.05, 0.1) is 5.83 Å². The highest BCUT2D eigenvalue weighted by Gasteiger charge is 1.95. The third-order valence-electron chi connectivity index (χ3n) is 0.398. The zero-order valence-corrected chi connectivity index (χ0v) is 7.96. The van der Waals surface area contributed by atoms with E-state index in [1.54, 1.807) is 6.92 Å². The summed E-state index contributed by atoms with van der Waals surface area (Å²) in [6, 6.07) is 0. The molecule has 0 aromatic rings. The van der Waals surface area contributed by atoms with E-state index in [0.29, 0.717) is 5.41 Å². The van der Waals surface area contributed by atoms with Gasteiger partial charge in [-0.15, -0.1) is 0 Å². The average molecular weight is 146 g/mol. The van der Waals surface area contributed by atoms with Crippen molar-refractivity contribution in [3.8, 4) is 0 Å². The van der Waals surface area contributed by atoms with Crippen LogP contribution in [-0.4, -0.2) is 0 Å². The summed E-state index contributed by atoms with van der Waals surface area (Å²) in [5.74, 6) is -0.120. The molecule has 0 aliphatic heterocycles. The Morgan fingerprint density at radius 1 is 1.20 bits per heavy atom. The van der Waals surface area contributed by atoms with Gasteiger partial charge in [0.25, 0.3) is 0 Å². The van der Waals surface area contributed by atoms with Crippen LogP contribution in [0.4, 0.5) is 4.39 Å². The molecule has 0 heterocycles. The van der Waals surface area contributed by atoms with E-state index in [1.165, 1.54) is 13.0 Å². The Labute approximate surface area is 64.1 Å². The van der Waals surface area contributed by atoms with E-state index in [9.17, 15) is 4.39 Å². The van der Waals surface area contributed by atoms with Crippen molar-refractivity contribution in [2.24, 2.45) is 5.41 Å². The fraction of sp³-hybridized carbons (Fsp3) is 0.778. The van der Waals surface area contributed by atoms with Crippen LogP contribution in [-0.2, 0) is 0 Å². The van der Waals surface area contributed by atoms with E-state index in [-0.39, 0.29) is 5.83 Å². The molecule has 0 saturated carbocycles. The van der Waals surface area contributed by atoms with Crippen molar-refractivity contribution in [2.45, 2.75) is 41.5 Å². The van der Waals surface area contributed by atoms with Crippen molar-refractivity contribution in [2.75, 3.05) is 0 Å².